The number of nitrogens with two attached hydrogens (primary N) is 1. The lowest BCUT2D eigenvalue weighted by Gasteiger charge is -2.21. The molecule has 13 heteroatoms. The van der Waals surface area contributed by atoms with Crippen LogP contribution in [0.4, 0.5) is 5.95 Å². The number of anilines is 1. The molecule has 12 nitrogen and oxygen atoms in total. The first-order valence-electron chi connectivity index (χ1n) is 16.5. The Morgan fingerprint density at radius 2 is 1.47 bits per heavy atom. The highest BCUT2D eigenvalue weighted by Gasteiger charge is 2.38. The van der Waals surface area contributed by atoms with E-state index in [4.69, 9.17) is 24.0 Å². The smallest absolute Gasteiger partial charge is 0.390 e. The Balaban J connectivity index is 1.48. The summed E-state index contributed by atoms with van der Waals surface area (Å²) in [5.74, 6) is -0.0408. The Kier molecular flexibility index (Phi) is 16.2. The number of ether oxygens (including phenoxy) is 1. The Bertz CT molecular complexity index is 1130. The van der Waals surface area contributed by atoms with Gasteiger partial charge < -0.3 is 15.6 Å². The van der Waals surface area contributed by atoms with Gasteiger partial charge in [-0.2, -0.15) is 4.98 Å². The third-order valence-corrected chi connectivity index (χ3v) is 9.32. The minimum atomic E-state index is -3.86. The number of nitrogen functional groups attached to an aromatic ring is 1. The lowest BCUT2D eigenvalue weighted by molar-refractivity contribution is -0.0457. The van der Waals surface area contributed by atoms with E-state index in [0.29, 0.717) is 0 Å². The maximum atomic E-state index is 13.6. The number of aromatic nitrogens is 4. The van der Waals surface area contributed by atoms with Crippen molar-refractivity contribution in [2.24, 2.45) is 0 Å². The summed E-state index contributed by atoms with van der Waals surface area (Å²) in [6, 6.07) is 0. The molecule has 4 N–H and O–H groups in total. The summed E-state index contributed by atoms with van der Waals surface area (Å²) < 4.78 is 38.3. The van der Waals surface area contributed by atoms with Crippen LogP contribution in [0.5, 0.6) is 0 Å². The molecular formula is C30H54N5O7P. The van der Waals surface area contributed by atoms with Crippen LogP contribution in [-0.4, -0.2) is 56.7 Å². The van der Waals surface area contributed by atoms with Gasteiger partial charge in [-0.15, -0.1) is 0 Å². The average Bonchev–Trinajstić information content (AvgIpc) is 3.57. The molecule has 0 aromatic carbocycles. The molecule has 246 valence electrons. The molecule has 1 saturated heterocycles. The topological polar surface area (TPSA) is 164 Å². The fourth-order valence-corrected chi connectivity index (χ4v) is 6.55. The Morgan fingerprint density at radius 1 is 0.930 bits per heavy atom. The zero-order valence-electron chi connectivity index (χ0n) is 26.2. The first kappa shape index (κ1) is 35.7. The summed E-state index contributed by atoms with van der Waals surface area (Å²) in [7, 11) is -3.86. The molecule has 1 fully saturated rings. The number of imidazole rings is 1. The van der Waals surface area contributed by atoms with Crippen molar-refractivity contribution in [2.45, 2.75) is 141 Å². The second-order valence-corrected chi connectivity index (χ2v) is 13.2. The molecule has 3 atom stereocenters. The van der Waals surface area contributed by atoms with E-state index in [1.165, 1.54) is 70.5 Å². The van der Waals surface area contributed by atoms with Crippen LogP contribution in [0.3, 0.4) is 0 Å². The van der Waals surface area contributed by atoms with Crippen LogP contribution in [0.15, 0.2) is 11.1 Å². The molecule has 0 amide bonds. The van der Waals surface area contributed by atoms with E-state index in [0.717, 1.165) is 38.5 Å². The fourth-order valence-electron chi connectivity index (χ4n) is 5.29. The minimum Gasteiger partial charge on any atom is -0.390 e. The highest BCUT2D eigenvalue weighted by molar-refractivity contribution is 7.48. The number of hydrogen-bond acceptors (Lipinski definition) is 10. The van der Waals surface area contributed by atoms with Gasteiger partial charge in [0.1, 0.15) is 12.3 Å². The maximum Gasteiger partial charge on any atom is 0.474 e. The summed E-state index contributed by atoms with van der Waals surface area (Å²) >= 11 is 0. The first-order chi connectivity index (χ1) is 20.9. The molecule has 43 heavy (non-hydrogen) atoms. The van der Waals surface area contributed by atoms with E-state index in [-0.39, 0.29) is 43.4 Å². The van der Waals surface area contributed by atoms with Crippen molar-refractivity contribution in [1.29, 1.82) is 0 Å². The van der Waals surface area contributed by atoms with Crippen LogP contribution in [0.2, 0.25) is 0 Å². The number of fused-ring (bicyclic) bond motifs is 1. The van der Waals surface area contributed by atoms with Gasteiger partial charge in [-0.25, -0.2) is 9.55 Å². The molecule has 3 rings (SSSR count). The van der Waals surface area contributed by atoms with Crippen LogP contribution in [0.1, 0.15) is 129 Å². The SMILES string of the molecule is CCCCCCCCCCOP(=O)(OCCCCCCCCCC)OC[C@H]1O[C@@H](n2cnc3c(=O)[nH]c(N)nc32)C[C@@H]1O. The second-order valence-electron chi connectivity index (χ2n) is 11.6. The first-order valence-corrected chi connectivity index (χ1v) is 17.9. The molecule has 0 radical (unpaired) electrons. The van der Waals surface area contributed by atoms with Crippen LogP contribution in [0.25, 0.3) is 11.2 Å². The molecule has 1 aliphatic heterocycles. The van der Waals surface area contributed by atoms with Gasteiger partial charge in [-0.3, -0.25) is 27.9 Å². The third-order valence-electron chi connectivity index (χ3n) is 7.86. The van der Waals surface area contributed by atoms with Crippen molar-refractivity contribution < 1.29 is 28.0 Å². The van der Waals surface area contributed by atoms with Crippen molar-refractivity contribution in [1.82, 2.24) is 19.5 Å². The number of nitrogens with one attached hydrogen (secondary N) is 1. The molecular weight excluding hydrogens is 573 g/mol. The number of hydrogen-bond donors (Lipinski definition) is 3. The maximum absolute atomic E-state index is 13.6. The summed E-state index contributed by atoms with van der Waals surface area (Å²) in [6.45, 7) is 4.81. The van der Waals surface area contributed by atoms with E-state index in [2.05, 4.69) is 28.8 Å². The quantitative estimate of drug-likeness (QED) is 0.0834. The molecule has 1 aliphatic rings. The molecule has 0 saturated carbocycles. The summed E-state index contributed by atoms with van der Waals surface area (Å²) in [4.78, 5) is 22.8. The number of phosphoric ester groups is 1. The Labute approximate surface area is 256 Å². The summed E-state index contributed by atoms with van der Waals surface area (Å²) in [5, 5.41) is 10.7. The third kappa shape index (κ3) is 12.2. The fraction of sp³-hybridized carbons (Fsp3) is 0.833. The van der Waals surface area contributed by atoms with Gasteiger partial charge in [0, 0.05) is 6.42 Å². The van der Waals surface area contributed by atoms with E-state index in [9.17, 15) is 14.5 Å². The van der Waals surface area contributed by atoms with Gasteiger partial charge in [0.2, 0.25) is 5.95 Å². The predicted octanol–water partition coefficient (Wildman–Crippen LogP) is 6.79. The standard InChI is InChI=1S/C30H54N5O7P/c1-3-5-7-9-11-13-15-17-19-39-43(38,40-20-18-16-14-12-10-8-6-4-2)41-22-25-24(36)21-26(42-25)35-23-32-27-28(35)33-30(31)34-29(27)37/h23-26,36H,3-22H2,1-2H3,(H3,31,33,34,37)/t24-,25+,26+/m0/s1. The largest absolute Gasteiger partial charge is 0.474 e. The predicted molar refractivity (Wildman–Crippen MR) is 168 cm³/mol. The number of aliphatic hydroxyl groups is 1. The highest BCUT2D eigenvalue weighted by Crippen LogP contribution is 2.50. The zero-order valence-corrected chi connectivity index (χ0v) is 27.1. The van der Waals surface area contributed by atoms with Gasteiger partial charge in [0.25, 0.3) is 5.56 Å². The van der Waals surface area contributed by atoms with Gasteiger partial charge in [0.05, 0.1) is 32.3 Å². The molecule has 2 aromatic heterocycles. The van der Waals surface area contributed by atoms with Crippen LogP contribution in [0, 0.1) is 0 Å². The number of phosphoric acid groups is 1. The van der Waals surface area contributed by atoms with E-state index < -0.39 is 31.8 Å². The van der Waals surface area contributed by atoms with E-state index in [1.54, 1.807) is 4.57 Å². The van der Waals surface area contributed by atoms with E-state index in [1.807, 2.05) is 0 Å². The number of rotatable bonds is 24. The van der Waals surface area contributed by atoms with Gasteiger partial charge in [0.15, 0.2) is 11.2 Å². The zero-order chi connectivity index (χ0) is 30.9. The van der Waals surface area contributed by atoms with Crippen LogP contribution in [-0.2, 0) is 22.9 Å². The summed E-state index contributed by atoms with van der Waals surface area (Å²) in [6.07, 6.45) is 17.6. The number of H-pyrrole nitrogens is 1. The summed E-state index contributed by atoms with van der Waals surface area (Å²) in [5.41, 5.74) is 5.63. The monoisotopic (exact) mass is 627 g/mol. The van der Waals surface area contributed by atoms with Gasteiger partial charge in [-0.1, -0.05) is 104 Å². The molecule has 2 aromatic rings. The number of unbranched alkanes of at least 4 members (excludes halogenated alkanes) is 14. The molecule has 3 heterocycles. The van der Waals surface area contributed by atoms with Gasteiger partial charge >= 0.3 is 7.82 Å². The van der Waals surface area contributed by atoms with E-state index >= 15 is 0 Å². The highest BCUT2D eigenvalue weighted by atomic mass is 31.2. The molecule has 0 spiro atoms. The molecule has 0 aliphatic carbocycles. The number of aliphatic hydroxyl groups excluding tert-OH is 1. The van der Waals surface area contributed by atoms with Gasteiger partial charge in [-0.05, 0) is 12.8 Å². The lowest BCUT2D eigenvalue weighted by Crippen LogP contribution is -2.26. The average molecular weight is 628 g/mol. The van der Waals surface area contributed by atoms with Crippen molar-refractivity contribution in [3.05, 3.63) is 16.7 Å². The Hall–Kier alpha value is -1.82. The molecule has 0 bridgehead atoms. The Morgan fingerprint density at radius 3 is 2.02 bits per heavy atom. The minimum absolute atomic E-state index is 0.0408. The lowest BCUT2D eigenvalue weighted by atomic mass is 10.1. The van der Waals surface area contributed by atoms with Crippen LogP contribution < -0.4 is 11.3 Å². The van der Waals surface area contributed by atoms with Crippen molar-refractivity contribution in [3.63, 3.8) is 0 Å². The van der Waals surface area contributed by atoms with Crippen molar-refractivity contribution in [2.75, 3.05) is 25.6 Å². The number of nitrogens with zero attached hydrogens (tertiary/aromatic N) is 3. The normalized spacial score (nSPS) is 19.1. The molecule has 0 unspecified atom stereocenters. The number of aromatic amines is 1. The second kappa shape index (κ2) is 19.5. The van der Waals surface area contributed by atoms with Crippen molar-refractivity contribution in [3.8, 4) is 0 Å². The van der Waals surface area contributed by atoms with Crippen molar-refractivity contribution >= 4 is 24.9 Å². The van der Waals surface area contributed by atoms with Crippen LogP contribution >= 0.6 is 7.82 Å².